The first kappa shape index (κ1) is 17.2. The Morgan fingerprint density at radius 3 is 2.50 bits per heavy atom. The van der Waals surface area contributed by atoms with Crippen LogP contribution in [0.25, 0.3) is 0 Å². The molecular weight excluding hydrogens is 293 g/mol. The summed E-state index contributed by atoms with van der Waals surface area (Å²) in [5.41, 5.74) is 0.509. The minimum absolute atomic E-state index is 0.452. The maximum Gasteiger partial charge on any atom is 0.523 e. The van der Waals surface area contributed by atoms with E-state index in [0.717, 1.165) is 19.3 Å². The molecule has 1 fully saturated rings. The summed E-state index contributed by atoms with van der Waals surface area (Å²) in [6.45, 7) is 2.72. The molecule has 124 valence electrons. The second-order valence-electron chi connectivity index (χ2n) is 5.89. The first-order valence-corrected chi connectivity index (χ1v) is 7.71. The quantitative estimate of drug-likeness (QED) is 0.834. The summed E-state index contributed by atoms with van der Waals surface area (Å²) in [6.07, 6.45) is -2.16. The number of hydrogen-bond acceptors (Lipinski definition) is 3. The minimum atomic E-state index is -4.68. The Labute approximate surface area is 129 Å². The second-order valence-corrected chi connectivity index (χ2v) is 5.89. The molecular formula is C16H23F3N2O. The number of hydrogen-bond donors (Lipinski definition) is 1. The van der Waals surface area contributed by atoms with E-state index in [4.69, 9.17) is 5.84 Å². The SMILES string of the molecule is CCCC1CCC(C(OC(F)(F)F)c2ccccc2)N(N)C1. The topological polar surface area (TPSA) is 38.5 Å². The van der Waals surface area contributed by atoms with E-state index in [1.807, 2.05) is 0 Å². The number of alkyl halides is 3. The van der Waals surface area contributed by atoms with E-state index in [1.54, 1.807) is 30.3 Å². The molecule has 3 atom stereocenters. The molecule has 1 aromatic rings. The fourth-order valence-corrected chi connectivity index (χ4v) is 3.22. The molecule has 1 aliphatic rings. The monoisotopic (exact) mass is 316 g/mol. The van der Waals surface area contributed by atoms with Crippen LogP contribution in [0.3, 0.4) is 0 Å². The summed E-state index contributed by atoms with van der Waals surface area (Å²) in [6, 6.07) is 8.05. The van der Waals surface area contributed by atoms with Crippen molar-refractivity contribution in [1.82, 2.24) is 5.01 Å². The Balaban J connectivity index is 2.15. The van der Waals surface area contributed by atoms with E-state index in [1.165, 1.54) is 5.01 Å². The molecule has 2 N–H and O–H groups in total. The van der Waals surface area contributed by atoms with Gasteiger partial charge >= 0.3 is 6.36 Å². The van der Waals surface area contributed by atoms with Crippen LogP contribution in [0.5, 0.6) is 0 Å². The van der Waals surface area contributed by atoms with Crippen molar-refractivity contribution in [2.75, 3.05) is 6.54 Å². The number of halogens is 3. The predicted molar refractivity (Wildman–Crippen MR) is 78.6 cm³/mol. The molecule has 2 rings (SSSR count). The molecule has 0 radical (unpaired) electrons. The number of rotatable bonds is 5. The largest absolute Gasteiger partial charge is 0.523 e. The van der Waals surface area contributed by atoms with Gasteiger partial charge in [0, 0.05) is 6.54 Å². The van der Waals surface area contributed by atoms with Gasteiger partial charge in [0.2, 0.25) is 0 Å². The van der Waals surface area contributed by atoms with E-state index in [-0.39, 0.29) is 0 Å². The van der Waals surface area contributed by atoms with Crippen molar-refractivity contribution < 1.29 is 17.9 Å². The summed E-state index contributed by atoms with van der Waals surface area (Å²) in [7, 11) is 0. The van der Waals surface area contributed by atoms with E-state index in [2.05, 4.69) is 11.7 Å². The first-order valence-electron chi connectivity index (χ1n) is 7.71. The lowest BCUT2D eigenvalue weighted by Gasteiger charge is -2.40. The normalized spacial score (nSPS) is 25.1. The molecule has 6 heteroatoms. The van der Waals surface area contributed by atoms with Crippen LogP contribution in [-0.2, 0) is 4.74 Å². The highest BCUT2D eigenvalue weighted by atomic mass is 19.4. The van der Waals surface area contributed by atoms with E-state index < -0.39 is 18.5 Å². The smallest absolute Gasteiger partial charge is 0.282 e. The van der Waals surface area contributed by atoms with Gasteiger partial charge in [-0.2, -0.15) is 0 Å². The molecule has 0 bridgehead atoms. The maximum absolute atomic E-state index is 12.8. The standard InChI is InChI=1S/C16H23F3N2O/c1-2-6-12-9-10-14(21(20)11-12)15(22-16(17,18)19)13-7-4-3-5-8-13/h3-5,7-8,12,14-15H,2,6,9-11,20H2,1H3. The van der Waals surface area contributed by atoms with Gasteiger partial charge in [0.25, 0.3) is 0 Å². The van der Waals surface area contributed by atoms with Crippen LogP contribution < -0.4 is 5.84 Å². The lowest BCUT2D eigenvalue weighted by Crippen LogP contribution is -2.51. The summed E-state index contributed by atoms with van der Waals surface area (Å²) in [5.74, 6) is 6.50. The summed E-state index contributed by atoms with van der Waals surface area (Å²) < 4.78 is 42.8. The van der Waals surface area contributed by atoms with Crippen LogP contribution in [0, 0.1) is 5.92 Å². The van der Waals surface area contributed by atoms with Crippen LogP contribution >= 0.6 is 0 Å². The number of hydrazine groups is 1. The summed E-state index contributed by atoms with van der Waals surface area (Å²) in [4.78, 5) is 0. The Hall–Kier alpha value is -1.11. The van der Waals surface area contributed by atoms with E-state index in [9.17, 15) is 13.2 Å². The summed E-state index contributed by atoms with van der Waals surface area (Å²) in [5, 5.41) is 1.53. The first-order chi connectivity index (χ1) is 10.4. The van der Waals surface area contributed by atoms with Gasteiger partial charge in [-0.15, -0.1) is 13.2 Å². The Kier molecular flexibility index (Phi) is 5.83. The molecule has 1 aliphatic heterocycles. The fourth-order valence-electron chi connectivity index (χ4n) is 3.22. The van der Waals surface area contributed by atoms with Crippen LogP contribution in [0.4, 0.5) is 13.2 Å². The van der Waals surface area contributed by atoms with E-state index in [0.29, 0.717) is 24.4 Å². The van der Waals surface area contributed by atoms with Gasteiger partial charge in [0.05, 0.1) is 6.04 Å². The summed E-state index contributed by atoms with van der Waals surface area (Å²) >= 11 is 0. The van der Waals surface area contributed by atoms with Crippen LogP contribution in [0.2, 0.25) is 0 Å². The molecule has 22 heavy (non-hydrogen) atoms. The number of ether oxygens (including phenoxy) is 1. The molecule has 0 aromatic heterocycles. The zero-order chi connectivity index (χ0) is 16.2. The van der Waals surface area contributed by atoms with Gasteiger partial charge in [-0.3, -0.25) is 10.6 Å². The maximum atomic E-state index is 12.8. The fraction of sp³-hybridized carbons (Fsp3) is 0.625. The third-order valence-electron chi connectivity index (χ3n) is 4.20. The zero-order valence-corrected chi connectivity index (χ0v) is 12.7. The molecule has 0 spiro atoms. The highest BCUT2D eigenvalue weighted by molar-refractivity contribution is 5.19. The lowest BCUT2D eigenvalue weighted by molar-refractivity contribution is -0.352. The molecule has 3 nitrogen and oxygen atoms in total. The number of piperidine rings is 1. The Bertz CT molecular complexity index is 452. The minimum Gasteiger partial charge on any atom is -0.282 e. The number of nitrogens with zero attached hydrogens (tertiary/aromatic N) is 1. The van der Waals surface area contributed by atoms with Gasteiger partial charge in [-0.25, -0.2) is 5.01 Å². The van der Waals surface area contributed by atoms with Crippen LogP contribution in [0.15, 0.2) is 30.3 Å². The van der Waals surface area contributed by atoms with Crippen molar-refractivity contribution in [3.8, 4) is 0 Å². The Morgan fingerprint density at radius 2 is 1.95 bits per heavy atom. The van der Waals surface area contributed by atoms with Gasteiger partial charge in [0.15, 0.2) is 0 Å². The van der Waals surface area contributed by atoms with Crippen molar-refractivity contribution >= 4 is 0 Å². The number of benzene rings is 1. The second kappa shape index (κ2) is 7.44. The molecule has 1 aromatic carbocycles. The van der Waals surface area contributed by atoms with E-state index >= 15 is 0 Å². The lowest BCUT2D eigenvalue weighted by atomic mass is 9.87. The van der Waals surface area contributed by atoms with Crippen molar-refractivity contribution in [2.45, 2.75) is 51.1 Å². The van der Waals surface area contributed by atoms with Crippen molar-refractivity contribution in [1.29, 1.82) is 0 Å². The molecule has 1 saturated heterocycles. The highest BCUT2D eigenvalue weighted by Gasteiger charge is 2.41. The average molecular weight is 316 g/mol. The van der Waals surface area contributed by atoms with Gasteiger partial charge in [-0.05, 0) is 30.7 Å². The average Bonchev–Trinajstić information content (AvgIpc) is 2.46. The third-order valence-corrected chi connectivity index (χ3v) is 4.20. The molecule has 0 aliphatic carbocycles. The molecule has 1 heterocycles. The molecule has 0 saturated carbocycles. The van der Waals surface area contributed by atoms with Gasteiger partial charge < -0.3 is 0 Å². The molecule has 3 unspecified atom stereocenters. The van der Waals surface area contributed by atoms with Crippen molar-refractivity contribution in [3.05, 3.63) is 35.9 Å². The van der Waals surface area contributed by atoms with Gasteiger partial charge in [0.1, 0.15) is 6.10 Å². The van der Waals surface area contributed by atoms with Crippen molar-refractivity contribution in [3.63, 3.8) is 0 Å². The van der Waals surface area contributed by atoms with Gasteiger partial charge in [-0.1, -0.05) is 43.7 Å². The van der Waals surface area contributed by atoms with Crippen molar-refractivity contribution in [2.24, 2.45) is 11.8 Å². The zero-order valence-electron chi connectivity index (χ0n) is 12.7. The predicted octanol–water partition coefficient (Wildman–Crippen LogP) is 4.02. The van der Waals surface area contributed by atoms with Crippen LogP contribution in [0.1, 0.15) is 44.3 Å². The Morgan fingerprint density at radius 1 is 1.27 bits per heavy atom. The third kappa shape index (κ3) is 4.69. The highest BCUT2D eigenvalue weighted by Crippen LogP contribution is 2.36. The van der Waals surface area contributed by atoms with Crippen LogP contribution in [-0.4, -0.2) is 24.0 Å². The number of nitrogens with two attached hydrogens (primary N) is 1. The molecule has 0 amide bonds.